The van der Waals surface area contributed by atoms with E-state index < -0.39 is 0 Å². The lowest BCUT2D eigenvalue weighted by Crippen LogP contribution is -1.84. The number of nitrogens with zero attached hydrogens (tertiary/aromatic N) is 2. The van der Waals surface area contributed by atoms with E-state index in [4.69, 9.17) is 5.73 Å². The highest BCUT2D eigenvalue weighted by Crippen LogP contribution is 2.11. The van der Waals surface area contributed by atoms with E-state index in [2.05, 4.69) is 10.2 Å². The lowest BCUT2D eigenvalue weighted by atomic mass is 10.2. The lowest BCUT2D eigenvalue weighted by Gasteiger charge is -1.93. The average Bonchev–Trinajstić information content (AvgIpc) is 2.04. The van der Waals surface area contributed by atoms with Gasteiger partial charge in [-0.15, -0.1) is 10.2 Å². The molecule has 2 rings (SSSR count). The number of aromatic nitrogens is 2. The minimum absolute atomic E-state index is 0.212. The molecule has 1 aromatic heterocycles. The third kappa shape index (κ3) is 1.00. The fourth-order valence-electron chi connectivity index (χ4n) is 0.985. The summed E-state index contributed by atoms with van der Waals surface area (Å²) in [5.74, 6) is 0.212. The number of rotatable bonds is 0. The summed E-state index contributed by atoms with van der Waals surface area (Å²) in [7, 11) is 0. The molecule has 0 bridgehead atoms. The summed E-state index contributed by atoms with van der Waals surface area (Å²) in [5, 5.41) is 8.43. The Morgan fingerprint density at radius 3 is 2.82 bits per heavy atom. The van der Waals surface area contributed by atoms with Crippen molar-refractivity contribution in [1.29, 1.82) is 0 Å². The number of hydrogen-bond donors (Lipinski definition) is 0. The van der Waals surface area contributed by atoms with Crippen LogP contribution in [0.5, 0.6) is 0 Å². The van der Waals surface area contributed by atoms with E-state index in [0.29, 0.717) is 0 Å². The lowest BCUT2D eigenvalue weighted by molar-refractivity contribution is 1.06. The van der Waals surface area contributed by atoms with Gasteiger partial charge < -0.3 is 0 Å². The van der Waals surface area contributed by atoms with Gasteiger partial charge in [-0.1, -0.05) is 18.2 Å². The fraction of sp³-hybridized carbons (Fsp3) is 0. The molecular weight excluding hydrogens is 138 g/mol. The Morgan fingerprint density at radius 1 is 1.09 bits per heavy atom. The third-order valence-electron chi connectivity index (χ3n) is 1.49. The molecule has 0 amide bonds. The van der Waals surface area contributed by atoms with E-state index in [-0.39, 0.29) is 5.82 Å². The molecule has 0 saturated carbocycles. The molecule has 0 saturated heterocycles. The van der Waals surface area contributed by atoms with Crippen LogP contribution in [0.3, 0.4) is 0 Å². The Labute approximate surface area is 63.9 Å². The second kappa shape index (κ2) is 2.20. The first kappa shape index (κ1) is 6.09. The predicted molar refractivity (Wildman–Crippen MR) is 42.3 cm³/mol. The van der Waals surface area contributed by atoms with E-state index in [1.165, 1.54) is 0 Å². The first-order chi connectivity index (χ1) is 5.36. The van der Waals surface area contributed by atoms with E-state index in [9.17, 15) is 0 Å². The molecule has 0 aliphatic rings. The second-order valence-electron chi connectivity index (χ2n) is 2.29. The molecule has 53 valence electrons. The van der Waals surface area contributed by atoms with Crippen LogP contribution in [-0.2, 0) is 0 Å². The number of hydrogen-bond acceptors (Lipinski definition) is 2. The van der Waals surface area contributed by atoms with E-state index >= 15 is 0 Å². The van der Waals surface area contributed by atoms with Gasteiger partial charge in [0.05, 0.1) is 5.52 Å². The van der Waals surface area contributed by atoms with Crippen LogP contribution in [0, 0.1) is 0 Å². The highest BCUT2D eigenvalue weighted by Gasteiger charge is 1.93. The number of fused-ring (bicyclic) bond motifs is 1. The van der Waals surface area contributed by atoms with Crippen LogP contribution < -0.4 is 5.73 Å². The van der Waals surface area contributed by atoms with E-state index in [1.54, 1.807) is 6.07 Å². The molecule has 1 aromatic carbocycles. The monoisotopic (exact) mass is 144 g/mol. The van der Waals surface area contributed by atoms with Crippen molar-refractivity contribution < 1.29 is 0 Å². The van der Waals surface area contributed by atoms with Gasteiger partial charge in [-0.2, -0.15) is 0 Å². The Balaban J connectivity index is 2.83. The molecule has 11 heavy (non-hydrogen) atoms. The normalized spacial score (nSPS) is 10.2. The second-order valence-corrected chi connectivity index (χ2v) is 2.29. The zero-order valence-electron chi connectivity index (χ0n) is 5.78. The van der Waals surface area contributed by atoms with Gasteiger partial charge in [-0.05, 0) is 12.1 Å². The van der Waals surface area contributed by atoms with Gasteiger partial charge in [0.2, 0.25) is 0 Å². The SMILES string of the molecule is [NH]c1cc2ccccc2nn1. The summed E-state index contributed by atoms with van der Waals surface area (Å²) in [4.78, 5) is 0. The van der Waals surface area contributed by atoms with Crippen molar-refractivity contribution in [1.82, 2.24) is 15.9 Å². The van der Waals surface area contributed by atoms with Crippen LogP contribution in [0.25, 0.3) is 10.9 Å². The van der Waals surface area contributed by atoms with Crippen molar-refractivity contribution in [2.24, 2.45) is 0 Å². The summed E-state index contributed by atoms with van der Waals surface area (Å²) in [6.07, 6.45) is 0. The average molecular weight is 144 g/mol. The largest absolute Gasteiger partial charge is 0.281 e. The van der Waals surface area contributed by atoms with Crippen molar-refractivity contribution >= 4 is 16.7 Å². The standard InChI is InChI=1S/C8H6N3/c9-8-5-6-3-1-2-4-7(6)10-11-8/h1-5,9H. The third-order valence-corrected chi connectivity index (χ3v) is 1.49. The van der Waals surface area contributed by atoms with Gasteiger partial charge in [-0.25, -0.2) is 0 Å². The van der Waals surface area contributed by atoms with E-state index in [0.717, 1.165) is 10.9 Å². The van der Waals surface area contributed by atoms with Gasteiger partial charge in [0, 0.05) is 5.39 Å². The van der Waals surface area contributed by atoms with Crippen LogP contribution in [0.4, 0.5) is 5.82 Å². The maximum atomic E-state index is 7.20. The zero-order chi connectivity index (χ0) is 7.68. The van der Waals surface area contributed by atoms with Crippen molar-refractivity contribution in [3.8, 4) is 0 Å². The van der Waals surface area contributed by atoms with Crippen LogP contribution in [-0.4, -0.2) is 10.2 Å². The van der Waals surface area contributed by atoms with Gasteiger partial charge in [0.1, 0.15) is 0 Å². The van der Waals surface area contributed by atoms with Gasteiger partial charge in [-0.3, -0.25) is 5.73 Å². The molecule has 1 radical (unpaired) electrons. The molecule has 3 heteroatoms. The van der Waals surface area contributed by atoms with Crippen LogP contribution in [0.1, 0.15) is 0 Å². The fourth-order valence-corrected chi connectivity index (χ4v) is 0.985. The molecule has 0 spiro atoms. The number of nitrogens with one attached hydrogen (secondary N) is 1. The zero-order valence-corrected chi connectivity index (χ0v) is 5.78. The van der Waals surface area contributed by atoms with E-state index in [1.807, 2.05) is 24.3 Å². The molecule has 1 N–H and O–H groups in total. The molecule has 2 aromatic rings. The van der Waals surface area contributed by atoms with Crippen molar-refractivity contribution in [3.05, 3.63) is 30.3 Å². The Bertz CT molecular complexity index is 384. The van der Waals surface area contributed by atoms with Gasteiger partial charge in [0.25, 0.3) is 0 Å². The molecule has 0 aliphatic heterocycles. The molecular formula is C8H6N3. The highest BCUT2D eigenvalue weighted by molar-refractivity contribution is 5.79. The summed E-state index contributed by atoms with van der Waals surface area (Å²) in [6, 6.07) is 9.32. The summed E-state index contributed by atoms with van der Waals surface area (Å²) >= 11 is 0. The Kier molecular flexibility index (Phi) is 1.22. The predicted octanol–water partition coefficient (Wildman–Crippen LogP) is 1.54. The maximum Gasteiger partial charge on any atom is 0.167 e. The molecule has 1 heterocycles. The minimum Gasteiger partial charge on any atom is -0.281 e. The minimum atomic E-state index is 0.212. The quantitative estimate of drug-likeness (QED) is 0.563. The summed E-state index contributed by atoms with van der Waals surface area (Å²) in [6.45, 7) is 0. The van der Waals surface area contributed by atoms with Gasteiger partial charge >= 0.3 is 0 Å². The van der Waals surface area contributed by atoms with Gasteiger partial charge in [0.15, 0.2) is 5.82 Å². The molecule has 0 atom stereocenters. The molecule has 0 aliphatic carbocycles. The van der Waals surface area contributed by atoms with Crippen molar-refractivity contribution in [3.63, 3.8) is 0 Å². The first-order valence-electron chi connectivity index (χ1n) is 3.30. The Morgan fingerprint density at radius 2 is 1.91 bits per heavy atom. The summed E-state index contributed by atoms with van der Waals surface area (Å²) in [5.41, 5.74) is 8.04. The first-order valence-corrected chi connectivity index (χ1v) is 3.30. The number of benzene rings is 1. The summed E-state index contributed by atoms with van der Waals surface area (Å²) < 4.78 is 0. The molecule has 3 nitrogen and oxygen atoms in total. The highest BCUT2D eigenvalue weighted by atomic mass is 15.1. The van der Waals surface area contributed by atoms with Crippen LogP contribution in [0.15, 0.2) is 30.3 Å². The van der Waals surface area contributed by atoms with Crippen molar-refractivity contribution in [2.75, 3.05) is 0 Å². The van der Waals surface area contributed by atoms with Crippen LogP contribution in [0.2, 0.25) is 0 Å². The van der Waals surface area contributed by atoms with Crippen LogP contribution >= 0.6 is 0 Å². The maximum absolute atomic E-state index is 7.20. The van der Waals surface area contributed by atoms with Crippen molar-refractivity contribution in [2.45, 2.75) is 0 Å². The molecule has 0 unspecified atom stereocenters. The smallest absolute Gasteiger partial charge is 0.167 e. The topological polar surface area (TPSA) is 49.6 Å². The Hall–Kier alpha value is -1.64. The molecule has 0 fully saturated rings.